The minimum absolute atomic E-state index is 0.0143. The predicted molar refractivity (Wildman–Crippen MR) is 102 cm³/mol. The highest BCUT2D eigenvalue weighted by Crippen LogP contribution is 2.36. The van der Waals surface area contributed by atoms with E-state index in [1.165, 1.54) is 12.1 Å². The van der Waals surface area contributed by atoms with Crippen LogP contribution in [-0.2, 0) is 12.8 Å². The van der Waals surface area contributed by atoms with Gasteiger partial charge in [0.1, 0.15) is 12.4 Å². The average Bonchev–Trinajstić information content (AvgIpc) is 2.68. The smallest absolute Gasteiger partial charge is 0.417 e. The van der Waals surface area contributed by atoms with E-state index in [4.69, 9.17) is 16.3 Å². The Morgan fingerprint density at radius 3 is 2.36 bits per heavy atom. The van der Waals surface area contributed by atoms with Crippen molar-refractivity contribution >= 4 is 23.2 Å². The molecular formula is C21H15ClF3NO2. The van der Waals surface area contributed by atoms with Gasteiger partial charge in [-0.25, -0.2) is 0 Å². The van der Waals surface area contributed by atoms with Crippen molar-refractivity contribution in [2.45, 2.75) is 12.8 Å². The summed E-state index contributed by atoms with van der Waals surface area (Å²) in [5.74, 6) is -0.257. The third kappa shape index (κ3) is 4.84. The molecule has 0 radical (unpaired) electrons. The van der Waals surface area contributed by atoms with Crippen LogP contribution < -0.4 is 10.1 Å². The second-order valence-corrected chi connectivity index (χ2v) is 6.32. The van der Waals surface area contributed by atoms with E-state index in [0.29, 0.717) is 5.75 Å². The summed E-state index contributed by atoms with van der Waals surface area (Å²) in [6, 6.07) is 19.1. The molecule has 0 heterocycles. The number of nitrogens with one attached hydrogen (secondary N) is 1. The maximum Gasteiger partial charge on any atom is 0.417 e. The van der Waals surface area contributed by atoms with Crippen molar-refractivity contribution in [2.75, 3.05) is 5.32 Å². The lowest BCUT2D eigenvalue weighted by Crippen LogP contribution is -2.15. The van der Waals surface area contributed by atoms with E-state index >= 15 is 0 Å². The Morgan fingerprint density at radius 2 is 1.64 bits per heavy atom. The van der Waals surface area contributed by atoms with Crippen molar-refractivity contribution in [3.05, 3.63) is 94.5 Å². The second kappa shape index (κ2) is 8.35. The van der Waals surface area contributed by atoms with Crippen LogP contribution in [0.2, 0.25) is 5.02 Å². The number of hydrogen-bond donors (Lipinski definition) is 1. The minimum Gasteiger partial charge on any atom is -0.488 e. The van der Waals surface area contributed by atoms with Crippen molar-refractivity contribution in [2.24, 2.45) is 0 Å². The van der Waals surface area contributed by atoms with Crippen molar-refractivity contribution < 1.29 is 22.7 Å². The standard InChI is InChI=1S/C21H15ClF3NO2/c22-18-11-10-15(12-17(18)21(23,24)25)26-20(27)16-8-4-5-9-19(16)28-13-14-6-2-1-3-7-14/h1-12H,13H2,(H,26,27). The molecule has 1 amide bonds. The molecule has 28 heavy (non-hydrogen) atoms. The van der Waals surface area contributed by atoms with Gasteiger partial charge in [-0.3, -0.25) is 4.79 Å². The summed E-state index contributed by atoms with van der Waals surface area (Å²) in [7, 11) is 0. The van der Waals surface area contributed by atoms with Crippen molar-refractivity contribution in [1.82, 2.24) is 0 Å². The normalized spacial score (nSPS) is 11.1. The SMILES string of the molecule is O=C(Nc1ccc(Cl)c(C(F)(F)F)c1)c1ccccc1OCc1ccccc1. The zero-order chi connectivity index (χ0) is 20.1. The van der Waals surface area contributed by atoms with Crippen LogP contribution in [0.15, 0.2) is 72.8 Å². The number of ether oxygens (including phenoxy) is 1. The molecule has 7 heteroatoms. The van der Waals surface area contributed by atoms with E-state index in [1.54, 1.807) is 18.2 Å². The molecule has 3 aromatic carbocycles. The fourth-order valence-electron chi connectivity index (χ4n) is 2.53. The monoisotopic (exact) mass is 405 g/mol. The highest BCUT2D eigenvalue weighted by Gasteiger charge is 2.33. The Labute approximate surface area is 164 Å². The summed E-state index contributed by atoms with van der Waals surface area (Å²) in [5.41, 5.74) is 0.104. The molecule has 0 saturated carbocycles. The van der Waals surface area contributed by atoms with E-state index < -0.39 is 22.7 Å². The third-order valence-corrected chi connectivity index (χ3v) is 4.23. The van der Waals surface area contributed by atoms with Gasteiger partial charge in [-0.05, 0) is 35.9 Å². The molecule has 0 saturated heterocycles. The van der Waals surface area contributed by atoms with Crippen molar-refractivity contribution in [3.8, 4) is 5.75 Å². The van der Waals surface area contributed by atoms with Gasteiger partial charge in [0, 0.05) is 5.69 Å². The van der Waals surface area contributed by atoms with Crippen LogP contribution in [0.25, 0.3) is 0 Å². The Bertz CT molecular complexity index is 975. The number of benzene rings is 3. The highest BCUT2D eigenvalue weighted by atomic mass is 35.5. The fourth-order valence-corrected chi connectivity index (χ4v) is 2.76. The first-order valence-corrected chi connectivity index (χ1v) is 8.66. The van der Waals surface area contributed by atoms with E-state index in [9.17, 15) is 18.0 Å². The zero-order valence-corrected chi connectivity index (χ0v) is 15.2. The summed E-state index contributed by atoms with van der Waals surface area (Å²) >= 11 is 5.61. The molecule has 0 aliphatic rings. The van der Waals surface area contributed by atoms with Crippen LogP contribution in [0, 0.1) is 0 Å². The first-order chi connectivity index (χ1) is 13.3. The number of hydrogen-bond acceptors (Lipinski definition) is 2. The fraction of sp³-hybridized carbons (Fsp3) is 0.0952. The van der Waals surface area contributed by atoms with Crippen LogP contribution >= 0.6 is 11.6 Å². The van der Waals surface area contributed by atoms with Crippen LogP contribution in [0.5, 0.6) is 5.75 Å². The number of halogens is 4. The lowest BCUT2D eigenvalue weighted by Gasteiger charge is -2.14. The lowest BCUT2D eigenvalue weighted by molar-refractivity contribution is -0.137. The van der Waals surface area contributed by atoms with E-state index in [1.807, 2.05) is 30.3 Å². The van der Waals surface area contributed by atoms with Gasteiger partial charge in [-0.1, -0.05) is 54.1 Å². The number of alkyl halides is 3. The van der Waals surface area contributed by atoms with Gasteiger partial charge in [0.2, 0.25) is 0 Å². The molecular weight excluding hydrogens is 391 g/mol. The predicted octanol–water partition coefficient (Wildman–Crippen LogP) is 6.19. The average molecular weight is 406 g/mol. The number of rotatable bonds is 5. The van der Waals surface area contributed by atoms with Crippen LogP contribution in [0.1, 0.15) is 21.5 Å². The summed E-state index contributed by atoms with van der Waals surface area (Å²) in [4.78, 5) is 12.6. The lowest BCUT2D eigenvalue weighted by atomic mass is 10.1. The van der Waals surface area contributed by atoms with Crippen LogP contribution in [0.4, 0.5) is 18.9 Å². The van der Waals surface area contributed by atoms with E-state index in [-0.39, 0.29) is 17.9 Å². The topological polar surface area (TPSA) is 38.3 Å². The molecule has 3 rings (SSSR count). The molecule has 3 nitrogen and oxygen atoms in total. The van der Waals surface area contributed by atoms with E-state index in [0.717, 1.165) is 17.7 Å². The highest BCUT2D eigenvalue weighted by molar-refractivity contribution is 6.31. The van der Waals surface area contributed by atoms with Gasteiger partial charge in [0.25, 0.3) is 5.91 Å². The van der Waals surface area contributed by atoms with Gasteiger partial charge in [0.15, 0.2) is 0 Å². The minimum atomic E-state index is -4.62. The molecule has 0 aromatic heterocycles. The summed E-state index contributed by atoms with van der Waals surface area (Å²) in [6.45, 7) is 0.254. The Hall–Kier alpha value is -2.99. The van der Waals surface area contributed by atoms with Crippen molar-refractivity contribution in [3.63, 3.8) is 0 Å². The molecule has 144 valence electrons. The number of amides is 1. The van der Waals surface area contributed by atoms with Crippen molar-refractivity contribution in [1.29, 1.82) is 0 Å². The number of carbonyl (C=O) groups is 1. The zero-order valence-electron chi connectivity index (χ0n) is 14.5. The number of anilines is 1. The third-order valence-electron chi connectivity index (χ3n) is 3.90. The second-order valence-electron chi connectivity index (χ2n) is 5.92. The largest absolute Gasteiger partial charge is 0.488 e. The van der Waals surface area contributed by atoms with E-state index in [2.05, 4.69) is 5.32 Å². The molecule has 0 bridgehead atoms. The van der Waals surface area contributed by atoms with Gasteiger partial charge in [-0.2, -0.15) is 13.2 Å². The van der Waals surface area contributed by atoms with Crippen LogP contribution in [-0.4, -0.2) is 5.91 Å². The Morgan fingerprint density at radius 1 is 0.964 bits per heavy atom. The molecule has 0 atom stereocenters. The maximum atomic E-state index is 13.0. The molecule has 3 aromatic rings. The van der Waals surface area contributed by atoms with Gasteiger partial charge in [-0.15, -0.1) is 0 Å². The first-order valence-electron chi connectivity index (χ1n) is 8.28. The van der Waals surface area contributed by atoms with Gasteiger partial charge in [0.05, 0.1) is 16.1 Å². The number of para-hydroxylation sites is 1. The Kier molecular flexibility index (Phi) is 5.90. The van der Waals surface area contributed by atoms with Crippen LogP contribution in [0.3, 0.4) is 0 Å². The molecule has 0 aliphatic carbocycles. The quantitative estimate of drug-likeness (QED) is 0.549. The molecule has 0 fully saturated rings. The molecule has 1 N–H and O–H groups in total. The van der Waals surface area contributed by atoms with Gasteiger partial charge >= 0.3 is 6.18 Å². The number of carbonyl (C=O) groups excluding carboxylic acids is 1. The summed E-state index contributed by atoms with van der Waals surface area (Å²) in [6.07, 6.45) is -4.62. The molecule has 0 spiro atoms. The molecule has 0 aliphatic heterocycles. The summed E-state index contributed by atoms with van der Waals surface area (Å²) in [5, 5.41) is 2.03. The van der Waals surface area contributed by atoms with Gasteiger partial charge < -0.3 is 10.1 Å². The summed E-state index contributed by atoms with van der Waals surface area (Å²) < 4.78 is 44.7. The maximum absolute atomic E-state index is 13.0. The Balaban J connectivity index is 1.78. The molecule has 0 unspecified atom stereocenters. The first kappa shape index (κ1) is 19.8.